The molecule has 0 spiro atoms. The summed E-state index contributed by atoms with van der Waals surface area (Å²) in [5, 5.41) is 2.99. The van der Waals surface area contributed by atoms with Gasteiger partial charge >= 0.3 is 6.09 Å². The molecule has 3 rings (SSSR count). The first-order chi connectivity index (χ1) is 12.8. The van der Waals surface area contributed by atoms with Gasteiger partial charge in [0.2, 0.25) is 5.43 Å². The van der Waals surface area contributed by atoms with E-state index >= 15 is 0 Å². The predicted octanol–water partition coefficient (Wildman–Crippen LogP) is 4.62. The maximum atomic E-state index is 14.4. The molecule has 0 unspecified atom stereocenters. The van der Waals surface area contributed by atoms with Crippen LogP contribution in [0.15, 0.2) is 57.7 Å². The highest BCUT2D eigenvalue weighted by atomic mass is 19.1. The van der Waals surface area contributed by atoms with Crippen LogP contribution in [0.4, 0.5) is 9.18 Å². The lowest BCUT2D eigenvalue weighted by Gasteiger charge is -2.20. The van der Waals surface area contributed by atoms with E-state index in [2.05, 4.69) is 5.32 Å². The van der Waals surface area contributed by atoms with E-state index in [1.807, 2.05) is 20.8 Å². The Bertz CT molecular complexity index is 1050. The van der Waals surface area contributed by atoms with Crippen LogP contribution in [-0.2, 0) is 11.3 Å². The molecule has 0 radical (unpaired) electrons. The molecule has 0 bridgehead atoms. The minimum atomic E-state index is -0.655. The second-order valence-corrected chi connectivity index (χ2v) is 7.16. The van der Waals surface area contributed by atoms with E-state index in [0.717, 1.165) is 0 Å². The van der Waals surface area contributed by atoms with Gasteiger partial charge in [0, 0.05) is 11.1 Å². The maximum Gasteiger partial charge on any atom is 0.407 e. The number of hydrogen-bond donors (Lipinski definition) is 1. The Morgan fingerprint density at radius 2 is 1.78 bits per heavy atom. The molecule has 0 aliphatic carbocycles. The molecule has 6 heteroatoms. The van der Waals surface area contributed by atoms with Gasteiger partial charge in [-0.1, -0.05) is 30.3 Å². The fourth-order valence-corrected chi connectivity index (χ4v) is 2.70. The van der Waals surface area contributed by atoms with Gasteiger partial charge in [-0.3, -0.25) is 4.79 Å². The number of halogens is 1. The zero-order valence-corrected chi connectivity index (χ0v) is 15.3. The number of hydrogen-bond acceptors (Lipinski definition) is 4. The molecular formula is C21H20FNO4. The van der Waals surface area contributed by atoms with Gasteiger partial charge in [-0.15, -0.1) is 0 Å². The van der Waals surface area contributed by atoms with Crippen LogP contribution in [0.2, 0.25) is 0 Å². The van der Waals surface area contributed by atoms with Crippen LogP contribution in [0.3, 0.4) is 0 Å². The molecule has 1 aromatic heterocycles. The molecule has 27 heavy (non-hydrogen) atoms. The van der Waals surface area contributed by atoms with E-state index in [9.17, 15) is 14.0 Å². The second-order valence-electron chi connectivity index (χ2n) is 7.16. The predicted molar refractivity (Wildman–Crippen MR) is 101 cm³/mol. The van der Waals surface area contributed by atoms with Gasteiger partial charge < -0.3 is 14.5 Å². The summed E-state index contributed by atoms with van der Waals surface area (Å²) < 4.78 is 25.4. The maximum absolute atomic E-state index is 14.4. The van der Waals surface area contributed by atoms with Crippen molar-refractivity contribution in [3.63, 3.8) is 0 Å². The lowest BCUT2D eigenvalue weighted by molar-refractivity contribution is 0.124. The number of carbonyl (C=O) groups excluding carboxylic acids is 1. The summed E-state index contributed by atoms with van der Waals surface area (Å²) in [6.07, 6.45) is -0.655. The number of amides is 1. The second kappa shape index (κ2) is 7.23. The molecule has 140 valence electrons. The Balaban J connectivity index is 2.08. The number of alkyl carbamates (subject to hydrolysis) is 1. The Labute approximate surface area is 155 Å². The third-order valence-electron chi connectivity index (χ3n) is 3.83. The molecule has 0 fully saturated rings. The first kappa shape index (κ1) is 18.6. The highest BCUT2D eigenvalue weighted by Crippen LogP contribution is 2.27. The van der Waals surface area contributed by atoms with Crippen molar-refractivity contribution in [1.29, 1.82) is 0 Å². The molecule has 0 saturated heterocycles. The largest absolute Gasteiger partial charge is 0.456 e. The zero-order valence-electron chi connectivity index (χ0n) is 15.3. The van der Waals surface area contributed by atoms with Crippen LogP contribution in [0, 0.1) is 5.82 Å². The van der Waals surface area contributed by atoms with E-state index in [4.69, 9.17) is 9.15 Å². The van der Waals surface area contributed by atoms with E-state index in [1.54, 1.807) is 30.3 Å². The quantitative estimate of drug-likeness (QED) is 0.731. The lowest BCUT2D eigenvalue weighted by Crippen LogP contribution is -2.40. The molecule has 1 heterocycles. The average Bonchev–Trinajstić information content (AvgIpc) is 2.60. The molecule has 2 aromatic carbocycles. The number of carbonyl (C=O) groups is 1. The van der Waals surface area contributed by atoms with Crippen molar-refractivity contribution in [2.45, 2.75) is 32.9 Å². The molecular weight excluding hydrogens is 349 g/mol. The Kier molecular flexibility index (Phi) is 4.99. The highest BCUT2D eigenvalue weighted by Gasteiger charge is 2.21. The Hall–Kier alpha value is -3.15. The molecule has 0 aliphatic heterocycles. The number of benzene rings is 2. The lowest BCUT2D eigenvalue weighted by atomic mass is 10.0. The Morgan fingerprint density at radius 1 is 1.11 bits per heavy atom. The summed E-state index contributed by atoms with van der Waals surface area (Å²) in [7, 11) is 0. The standard InChI is InChI=1S/C21H20FNO4/c1-21(2,3)23-20(25)26-12-17-18(13-8-4-6-10-15(13)22)19(24)14-9-5-7-11-16(14)27-17/h4-11H,12H2,1-3H3,(H,23,25). The molecule has 0 aliphatic rings. The van der Waals surface area contributed by atoms with Crippen molar-refractivity contribution in [1.82, 2.24) is 5.32 Å². The monoisotopic (exact) mass is 369 g/mol. The number of para-hydroxylation sites is 1. The van der Waals surface area contributed by atoms with Crippen molar-refractivity contribution in [2.24, 2.45) is 0 Å². The normalized spacial score (nSPS) is 11.4. The first-order valence-corrected chi connectivity index (χ1v) is 8.51. The van der Waals surface area contributed by atoms with Crippen LogP contribution in [0.5, 0.6) is 0 Å². The van der Waals surface area contributed by atoms with Gasteiger partial charge in [0.25, 0.3) is 0 Å². The van der Waals surface area contributed by atoms with E-state index in [1.165, 1.54) is 18.2 Å². The summed E-state index contributed by atoms with van der Waals surface area (Å²) in [6, 6.07) is 12.6. The third kappa shape index (κ3) is 4.16. The van der Waals surface area contributed by atoms with Crippen LogP contribution < -0.4 is 10.7 Å². The summed E-state index contributed by atoms with van der Waals surface area (Å²) in [5.41, 5.74) is -0.355. The fourth-order valence-electron chi connectivity index (χ4n) is 2.70. The highest BCUT2D eigenvalue weighted by molar-refractivity contribution is 5.83. The SMILES string of the molecule is CC(C)(C)NC(=O)OCc1oc2ccccc2c(=O)c1-c1ccccc1F. The number of ether oxygens (including phenoxy) is 1. The minimum Gasteiger partial charge on any atom is -0.456 e. The van der Waals surface area contributed by atoms with Crippen molar-refractivity contribution >= 4 is 17.1 Å². The number of nitrogens with one attached hydrogen (secondary N) is 1. The molecule has 1 amide bonds. The van der Waals surface area contributed by atoms with E-state index < -0.39 is 17.4 Å². The van der Waals surface area contributed by atoms with Gasteiger partial charge in [-0.2, -0.15) is 0 Å². The summed E-state index contributed by atoms with van der Waals surface area (Å²) in [4.78, 5) is 25.0. The zero-order chi connectivity index (χ0) is 19.6. The average molecular weight is 369 g/mol. The van der Waals surface area contributed by atoms with Crippen LogP contribution in [0.25, 0.3) is 22.1 Å². The van der Waals surface area contributed by atoms with Crippen molar-refractivity contribution in [3.05, 3.63) is 70.3 Å². The first-order valence-electron chi connectivity index (χ1n) is 8.51. The number of rotatable bonds is 3. The van der Waals surface area contributed by atoms with Crippen LogP contribution in [-0.4, -0.2) is 11.6 Å². The third-order valence-corrected chi connectivity index (χ3v) is 3.83. The van der Waals surface area contributed by atoms with Crippen LogP contribution >= 0.6 is 0 Å². The molecule has 5 nitrogen and oxygen atoms in total. The summed E-state index contributed by atoms with van der Waals surface area (Å²) in [5.74, 6) is -0.465. The molecule has 0 saturated carbocycles. The van der Waals surface area contributed by atoms with Gasteiger partial charge in [-0.25, -0.2) is 9.18 Å². The van der Waals surface area contributed by atoms with Gasteiger partial charge in [-0.05, 0) is 39.0 Å². The molecule has 1 N–H and O–H groups in total. The van der Waals surface area contributed by atoms with Gasteiger partial charge in [0.15, 0.2) is 12.4 Å². The van der Waals surface area contributed by atoms with Crippen molar-refractivity contribution < 1.29 is 18.3 Å². The smallest absolute Gasteiger partial charge is 0.407 e. The van der Waals surface area contributed by atoms with Crippen molar-refractivity contribution in [2.75, 3.05) is 0 Å². The number of fused-ring (bicyclic) bond motifs is 1. The molecule has 0 atom stereocenters. The Morgan fingerprint density at radius 3 is 2.48 bits per heavy atom. The van der Waals surface area contributed by atoms with Gasteiger partial charge in [0.1, 0.15) is 11.4 Å². The molecule has 3 aromatic rings. The summed E-state index contributed by atoms with van der Waals surface area (Å²) >= 11 is 0. The topological polar surface area (TPSA) is 68.5 Å². The fraction of sp³-hybridized carbons (Fsp3) is 0.238. The van der Waals surface area contributed by atoms with Crippen LogP contribution in [0.1, 0.15) is 26.5 Å². The minimum absolute atomic E-state index is 0.0513. The summed E-state index contributed by atoms with van der Waals surface area (Å²) in [6.45, 7) is 5.14. The van der Waals surface area contributed by atoms with Crippen molar-refractivity contribution in [3.8, 4) is 11.1 Å². The van der Waals surface area contributed by atoms with E-state index in [-0.39, 0.29) is 28.9 Å². The van der Waals surface area contributed by atoms with Gasteiger partial charge in [0.05, 0.1) is 10.9 Å². The van der Waals surface area contributed by atoms with E-state index in [0.29, 0.717) is 11.0 Å².